The van der Waals surface area contributed by atoms with Gasteiger partial charge < -0.3 is 10.4 Å². The number of aliphatic hydroxyl groups is 1. The molecule has 1 amide bonds. The molecule has 0 aromatic heterocycles. The van der Waals surface area contributed by atoms with E-state index in [-0.39, 0.29) is 5.91 Å². The zero-order valence-corrected chi connectivity index (χ0v) is 13.4. The lowest BCUT2D eigenvalue weighted by Crippen LogP contribution is -2.43. The van der Waals surface area contributed by atoms with E-state index in [2.05, 4.69) is 11.4 Å². The van der Waals surface area contributed by atoms with Crippen LogP contribution in [0.3, 0.4) is 0 Å². The second-order valence-electron chi connectivity index (χ2n) is 6.81. The molecule has 0 saturated heterocycles. The van der Waals surface area contributed by atoms with Gasteiger partial charge in [0.25, 0.3) is 0 Å². The predicted molar refractivity (Wildman–Crippen MR) is 85.1 cm³/mol. The highest BCUT2D eigenvalue weighted by Crippen LogP contribution is 2.29. The largest absolute Gasteiger partial charge is 0.389 e. The topological polar surface area (TPSA) is 52.6 Å². The number of hydrogen-bond acceptors (Lipinski definition) is 3. The molecule has 2 aliphatic rings. The highest BCUT2D eigenvalue weighted by Gasteiger charge is 2.32. The van der Waals surface area contributed by atoms with Crippen molar-refractivity contribution in [1.82, 2.24) is 10.2 Å². The molecular weight excluding hydrogens is 264 g/mol. The normalized spacial score (nSPS) is 21.4. The number of nitrogens with zero attached hydrogens (tertiary/aromatic N) is 1. The molecule has 2 rings (SSSR count). The number of hydrogen-bond donors (Lipinski definition) is 2. The molecule has 0 heterocycles. The Morgan fingerprint density at radius 3 is 2.76 bits per heavy atom. The van der Waals surface area contributed by atoms with Crippen LogP contribution in [0.5, 0.6) is 0 Å². The highest BCUT2D eigenvalue weighted by atomic mass is 16.3. The first-order valence-electron chi connectivity index (χ1n) is 8.43. The molecule has 0 aromatic carbocycles. The van der Waals surface area contributed by atoms with Gasteiger partial charge >= 0.3 is 0 Å². The summed E-state index contributed by atoms with van der Waals surface area (Å²) in [5, 5.41) is 13.3. The minimum Gasteiger partial charge on any atom is -0.389 e. The third kappa shape index (κ3) is 5.79. The Hall–Kier alpha value is -0.870. The maximum atomic E-state index is 11.9. The predicted octanol–water partition coefficient (Wildman–Crippen LogP) is 2.23. The maximum absolute atomic E-state index is 11.9. The van der Waals surface area contributed by atoms with Gasteiger partial charge in [-0.25, -0.2) is 0 Å². The van der Waals surface area contributed by atoms with Gasteiger partial charge in [-0.1, -0.05) is 24.5 Å². The summed E-state index contributed by atoms with van der Waals surface area (Å²) in [4.78, 5) is 13.9. The molecule has 4 heteroatoms. The lowest BCUT2D eigenvalue weighted by atomic mass is 9.97. The van der Waals surface area contributed by atoms with Crippen LogP contribution in [0.1, 0.15) is 57.8 Å². The standard InChI is InChI=1S/C17H30N2O2/c1-19(14-17(21)10-5-6-11-17)13-16(20)18-12-9-15-7-3-2-4-8-15/h7,21H,2-6,8-14H2,1H3,(H,18,20). The summed E-state index contributed by atoms with van der Waals surface area (Å²) in [5.74, 6) is 0.0653. The summed E-state index contributed by atoms with van der Waals surface area (Å²) in [6, 6.07) is 0. The fourth-order valence-electron chi connectivity index (χ4n) is 3.54. The van der Waals surface area contributed by atoms with Crippen molar-refractivity contribution in [2.45, 2.75) is 63.4 Å². The number of amides is 1. The first kappa shape index (κ1) is 16.5. The van der Waals surface area contributed by atoms with Gasteiger partial charge in [0.1, 0.15) is 0 Å². The van der Waals surface area contributed by atoms with Crippen LogP contribution in [-0.2, 0) is 4.79 Å². The van der Waals surface area contributed by atoms with Crippen LogP contribution >= 0.6 is 0 Å². The van der Waals surface area contributed by atoms with E-state index >= 15 is 0 Å². The summed E-state index contributed by atoms with van der Waals surface area (Å²) in [7, 11) is 1.92. The molecule has 21 heavy (non-hydrogen) atoms. The van der Waals surface area contributed by atoms with Crippen LogP contribution in [0.25, 0.3) is 0 Å². The number of allylic oxidation sites excluding steroid dienone is 1. The van der Waals surface area contributed by atoms with E-state index in [1.807, 2.05) is 11.9 Å². The van der Waals surface area contributed by atoms with E-state index in [0.717, 1.165) is 38.6 Å². The van der Waals surface area contributed by atoms with Gasteiger partial charge in [0.15, 0.2) is 0 Å². The Morgan fingerprint density at radius 1 is 1.33 bits per heavy atom. The average Bonchev–Trinajstić information content (AvgIpc) is 2.86. The summed E-state index contributed by atoms with van der Waals surface area (Å²) in [6.45, 7) is 1.72. The van der Waals surface area contributed by atoms with Crippen molar-refractivity contribution in [2.75, 3.05) is 26.7 Å². The quantitative estimate of drug-likeness (QED) is 0.708. The molecular formula is C17H30N2O2. The molecule has 1 fully saturated rings. The number of rotatable bonds is 7. The van der Waals surface area contributed by atoms with Gasteiger partial charge in [-0.15, -0.1) is 0 Å². The fraction of sp³-hybridized carbons (Fsp3) is 0.824. The van der Waals surface area contributed by atoms with Crippen LogP contribution < -0.4 is 5.32 Å². The van der Waals surface area contributed by atoms with E-state index in [0.29, 0.717) is 13.1 Å². The van der Waals surface area contributed by atoms with Crippen molar-refractivity contribution < 1.29 is 9.90 Å². The molecule has 0 radical (unpaired) electrons. The Morgan fingerprint density at radius 2 is 2.10 bits per heavy atom. The number of carbonyl (C=O) groups is 1. The van der Waals surface area contributed by atoms with E-state index in [1.54, 1.807) is 0 Å². The van der Waals surface area contributed by atoms with E-state index in [1.165, 1.54) is 31.3 Å². The van der Waals surface area contributed by atoms with Gasteiger partial charge in [0.05, 0.1) is 12.1 Å². The van der Waals surface area contributed by atoms with E-state index < -0.39 is 5.60 Å². The lowest BCUT2D eigenvalue weighted by molar-refractivity contribution is -0.122. The third-order valence-electron chi connectivity index (χ3n) is 4.67. The van der Waals surface area contributed by atoms with Gasteiger partial charge in [-0.3, -0.25) is 9.69 Å². The van der Waals surface area contributed by atoms with Crippen LogP contribution in [0.15, 0.2) is 11.6 Å². The smallest absolute Gasteiger partial charge is 0.234 e. The minimum atomic E-state index is -0.568. The van der Waals surface area contributed by atoms with Gasteiger partial charge in [0, 0.05) is 13.1 Å². The Kier molecular flexibility index (Phi) is 6.24. The van der Waals surface area contributed by atoms with Crippen molar-refractivity contribution in [3.63, 3.8) is 0 Å². The van der Waals surface area contributed by atoms with Crippen molar-refractivity contribution >= 4 is 5.91 Å². The molecule has 120 valence electrons. The molecule has 0 aliphatic heterocycles. The summed E-state index contributed by atoms with van der Waals surface area (Å²) in [6.07, 6.45) is 12.3. The van der Waals surface area contributed by atoms with Crippen molar-refractivity contribution in [3.05, 3.63) is 11.6 Å². The van der Waals surface area contributed by atoms with E-state index in [4.69, 9.17) is 0 Å². The second kappa shape index (κ2) is 7.95. The SMILES string of the molecule is CN(CC(=O)NCCC1=CCCCC1)CC1(O)CCCC1. The van der Waals surface area contributed by atoms with Gasteiger partial charge in [-0.2, -0.15) is 0 Å². The highest BCUT2D eigenvalue weighted by molar-refractivity contribution is 5.77. The Balaban J connectivity index is 1.61. The molecule has 0 bridgehead atoms. The van der Waals surface area contributed by atoms with Gasteiger partial charge in [-0.05, 0) is 52.0 Å². The van der Waals surface area contributed by atoms with Crippen molar-refractivity contribution in [3.8, 4) is 0 Å². The summed E-state index contributed by atoms with van der Waals surface area (Å²) < 4.78 is 0. The fourth-order valence-corrected chi connectivity index (χ4v) is 3.54. The molecule has 0 spiro atoms. The van der Waals surface area contributed by atoms with Crippen LogP contribution in [0, 0.1) is 0 Å². The Bertz CT molecular complexity index is 373. The first-order valence-corrected chi connectivity index (χ1v) is 8.43. The lowest BCUT2D eigenvalue weighted by Gasteiger charge is -2.28. The monoisotopic (exact) mass is 294 g/mol. The van der Waals surface area contributed by atoms with Crippen LogP contribution in [0.4, 0.5) is 0 Å². The van der Waals surface area contributed by atoms with Crippen molar-refractivity contribution in [2.24, 2.45) is 0 Å². The van der Waals surface area contributed by atoms with Crippen molar-refractivity contribution in [1.29, 1.82) is 0 Å². The first-order chi connectivity index (χ1) is 10.1. The number of nitrogens with one attached hydrogen (secondary N) is 1. The molecule has 4 nitrogen and oxygen atoms in total. The maximum Gasteiger partial charge on any atom is 0.234 e. The molecule has 2 aliphatic carbocycles. The second-order valence-corrected chi connectivity index (χ2v) is 6.81. The average molecular weight is 294 g/mol. The zero-order valence-electron chi connectivity index (χ0n) is 13.4. The molecule has 1 saturated carbocycles. The number of carbonyl (C=O) groups excluding carboxylic acids is 1. The summed E-state index contributed by atoms with van der Waals surface area (Å²) in [5.41, 5.74) is 0.928. The zero-order chi connectivity index (χ0) is 15.1. The van der Waals surface area contributed by atoms with Gasteiger partial charge in [0.2, 0.25) is 5.91 Å². The molecule has 0 aromatic rings. The molecule has 0 unspecified atom stereocenters. The molecule has 2 N–H and O–H groups in total. The third-order valence-corrected chi connectivity index (χ3v) is 4.67. The minimum absolute atomic E-state index is 0.0653. The summed E-state index contributed by atoms with van der Waals surface area (Å²) >= 11 is 0. The Labute approximate surface area is 128 Å². The van der Waals surface area contributed by atoms with Crippen LogP contribution in [-0.4, -0.2) is 48.2 Å². The molecule has 0 atom stereocenters. The van der Waals surface area contributed by atoms with E-state index in [9.17, 15) is 9.90 Å². The van der Waals surface area contributed by atoms with Crippen LogP contribution in [0.2, 0.25) is 0 Å². The number of likely N-dealkylation sites (N-methyl/N-ethyl adjacent to an activating group) is 1.